The van der Waals surface area contributed by atoms with Gasteiger partial charge in [0.15, 0.2) is 0 Å². The first-order valence-electron chi connectivity index (χ1n) is 6.65. The van der Waals surface area contributed by atoms with Gasteiger partial charge in [0.1, 0.15) is 5.69 Å². The summed E-state index contributed by atoms with van der Waals surface area (Å²) in [7, 11) is 0. The second-order valence-corrected chi connectivity index (χ2v) is 4.70. The monoisotopic (exact) mass is 314 g/mol. The third-order valence-electron chi connectivity index (χ3n) is 3.31. The van der Waals surface area contributed by atoms with Gasteiger partial charge in [-0.05, 0) is 25.0 Å². The van der Waals surface area contributed by atoms with Crippen LogP contribution in [0.3, 0.4) is 0 Å². The molecule has 116 valence electrons. The normalized spacial score (nSPS) is 13.7. The zero-order valence-corrected chi connectivity index (χ0v) is 12.4. The van der Waals surface area contributed by atoms with Gasteiger partial charge in [-0.1, -0.05) is 0 Å². The predicted molar refractivity (Wildman–Crippen MR) is 83.2 cm³/mol. The molecule has 2 rings (SSSR count). The zero-order chi connectivity index (χ0) is 14.5. The number of nitrogens with zero attached hydrogens (tertiary/aromatic N) is 2. The predicted octanol–water partition coefficient (Wildman–Crippen LogP) is 1.31. The van der Waals surface area contributed by atoms with Crippen molar-refractivity contribution in [1.82, 2.24) is 5.32 Å². The maximum atomic E-state index is 11.8. The molecule has 1 saturated heterocycles. The Kier molecular flexibility index (Phi) is 6.39. The van der Waals surface area contributed by atoms with Gasteiger partial charge in [-0.2, -0.15) is 0 Å². The van der Waals surface area contributed by atoms with Gasteiger partial charge >= 0.3 is 0 Å². The smallest absolute Gasteiger partial charge is 0.293 e. The Hall–Kier alpha value is -1.86. The van der Waals surface area contributed by atoms with E-state index >= 15 is 0 Å². The number of benzene rings is 1. The number of nitrogens with two attached hydrogens (primary N) is 1. The Morgan fingerprint density at radius 2 is 2.05 bits per heavy atom. The largest absolute Gasteiger partial charge is 0.366 e. The van der Waals surface area contributed by atoms with Gasteiger partial charge in [0, 0.05) is 37.8 Å². The van der Waals surface area contributed by atoms with Gasteiger partial charge in [-0.15, -0.1) is 12.4 Å². The number of nitro benzene ring substituents is 1. The summed E-state index contributed by atoms with van der Waals surface area (Å²) in [5.41, 5.74) is 6.16. The van der Waals surface area contributed by atoms with Crippen LogP contribution in [0.4, 0.5) is 11.4 Å². The van der Waals surface area contributed by atoms with Crippen molar-refractivity contribution in [3.05, 3.63) is 33.9 Å². The lowest BCUT2D eigenvalue weighted by Crippen LogP contribution is -2.29. The number of anilines is 1. The Morgan fingerprint density at radius 1 is 1.38 bits per heavy atom. The van der Waals surface area contributed by atoms with E-state index in [1.54, 1.807) is 12.1 Å². The fourth-order valence-electron chi connectivity index (χ4n) is 2.32. The van der Waals surface area contributed by atoms with Crippen LogP contribution in [0.1, 0.15) is 23.2 Å². The van der Waals surface area contributed by atoms with Crippen molar-refractivity contribution in [2.24, 2.45) is 5.73 Å². The number of halogens is 1. The van der Waals surface area contributed by atoms with Crippen molar-refractivity contribution in [2.75, 3.05) is 31.1 Å². The van der Waals surface area contributed by atoms with Crippen molar-refractivity contribution in [3.8, 4) is 0 Å². The van der Waals surface area contributed by atoms with Crippen molar-refractivity contribution < 1.29 is 9.72 Å². The molecule has 0 aliphatic carbocycles. The number of nitro groups is 1. The molecule has 8 heteroatoms. The SMILES string of the molecule is Cl.NCCNC(=O)c1ccc(N2CCCC2)c([N+](=O)[O-])c1. The van der Waals surface area contributed by atoms with Crippen molar-refractivity contribution in [1.29, 1.82) is 0 Å². The van der Waals surface area contributed by atoms with Crippen LogP contribution in [0.15, 0.2) is 18.2 Å². The molecule has 0 radical (unpaired) electrons. The molecular formula is C13H19ClN4O3. The molecule has 0 aromatic heterocycles. The molecule has 1 heterocycles. The molecule has 1 aliphatic heterocycles. The first-order valence-corrected chi connectivity index (χ1v) is 6.65. The lowest BCUT2D eigenvalue weighted by atomic mass is 10.1. The standard InChI is InChI=1S/C13H18N4O3.ClH/c14-5-6-15-13(18)10-3-4-11(12(9-10)17(19)20)16-7-1-2-8-16;/h3-4,9H,1-2,5-8,14H2,(H,15,18);1H. The Balaban J connectivity index is 0.00000220. The number of carbonyl (C=O) groups excluding carboxylic acids is 1. The number of amides is 1. The molecule has 0 unspecified atom stereocenters. The van der Waals surface area contributed by atoms with Crippen LogP contribution < -0.4 is 16.0 Å². The second-order valence-electron chi connectivity index (χ2n) is 4.70. The van der Waals surface area contributed by atoms with E-state index in [1.807, 2.05) is 4.90 Å². The lowest BCUT2D eigenvalue weighted by molar-refractivity contribution is -0.384. The highest BCUT2D eigenvalue weighted by Gasteiger charge is 2.23. The van der Waals surface area contributed by atoms with E-state index in [1.165, 1.54) is 6.07 Å². The van der Waals surface area contributed by atoms with Gasteiger partial charge in [-0.25, -0.2) is 0 Å². The van der Waals surface area contributed by atoms with E-state index in [0.29, 0.717) is 18.8 Å². The van der Waals surface area contributed by atoms with E-state index < -0.39 is 4.92 Å². The first-order chi connectivity index (χ1) is 9.63. The maximum Gasteiger partial charge on any atom is 0.293 e. The van der Waals surface area contributed by atoms with E-state index in [2.05, 4.69) is 5.32 Å². The molecule has 1 aromatic carbocycles. The van der Waals surface area contributed by atoms with E-state index in [9.17, 15) is 14.9 Å². The zero-order valence-electron chi connectivity index (χ0n) is 11.6. The minimum Gasteiger partial charge on any atom is -0.366 e. The molecule has 3 N–H and O–H groups in total. The van der Waals surface area contributed by atoms with Crippen molar-refractivity contribution in [3.63, 3.8) is 0 Å². The molecule has 1 aliphatic rings. The van der Waals surface area contributed by atoms with Crippen molar-refractivity contribution in [2.45, 2.75) is 12.8 Å². The van der Waals surface area contributed by atoms with Gasteiger partial charge in [0.2, 0.25) is 0 Å². The fourth-order valence-corrected chi connectivity index (χ4v) is 2.32. The topological polar surface area (TPSA) is 102 Å². The van der Waals surface area contributed by atoms with E-state index in [4.69, 9.17) is 5.73 Å². The summed E-state index contributed by atoms with van der Waals surface area (Å²) in [5, 5.41) is 13.8. The Morgan fingerprint density at radius 3 is 2.62 bits per heavy atom. The number of nitrogens with one attached hydrogen (secondary N) is 1. The van der Waals surface area contributed by atoms with Gasteiger partial charge in [0.25, 0.3) is 11.6 Å². The fraction of sp³-hybridized carbons (Fsp3) is 0.462. The second kappa shape index (κ2) is 7.80. The molecule has 0 saturated carbocycles. The first kappa shape index (κ1) is 17.2. The summed E-state index contributed by atoms with van der Waals surface area (Å²) >= 11 is 0. The van der Waals surface area contributed by atoms with Crippen LogP contribution in [0.5, 0.6) is 0 Å². The van der Waals surface area contributed by atoms with Crippen LogP contribution in [0.2, 0.25) is 0 Å². The average Bonchev–Trinajstić information content (AvgIpc) is 2.98. The Bertz CT molecular complexity index is 518. The quantitative estimate of drug-likeness (QED) is 0.630. The third kappa shape index (κ3) is 4.05. The number of hydrogen-bond donors (Lipinski definition) is 2. The number of rotatable bonds is 5. The van der Waals surface area contributed by atoms with Gasteiger partial charge < -0.3 is 16.0 Å². The Labute approximate surface area is 129 Å². The molecule has 0 spiro atoms. The van der Waals surface area contributed by atoms with Gasteiger partial charge in [0.05, 0.1) is 4.92 Å². The number of carbonyl (C=O) groups is 1. The minimum absolute atomic E-state index is 0. The highest BCUT2D eigenvalue weighted by Crippen LogP contribution is 2.31. The summed E-state index contributed by atoms with van der Waals surface area (Å²) in [5.74, 6) is -0.341. The highest BCUT2D eigenvalue weighted by molar-refractivity contribution is 5.95. The van der Waals surface area contributed by atoms with Crippen LogP contribution in [-0.4, -0.2) is 37.0 Å². The van der Waals surface area contributed by atoms with Gasteiger partial charge in [-0.3, -0.25) is 14.9 Å². The summed E-state index contributed by atoms with van der Waals surface area (Å²) in [6, 6.07) is 4.60. The van der Waals surface area contributed by atoms with Crippen LogP contribution >= 0.6 is 12.4 Å². The van der Waals surface area contributed by atoms with E-state index in [-0.39, 0.29) is 29.6 Å². The molecular weight excluding hydrogens is 296 g/mol. The van der Waals surface area contributed by atoms with Crippen LogP contribution in [0.25, 0.3) is 0 Å². The minimum atomic E-state index is -0.437. The molecule has 7 nitrogen and oxygen atoms in total. The molecule has 1 aromatic rings. The van der Waals surface area contributed by atoms with Crippen LogP contribution in [0, 0.1) is 10.1 Å². The van der Waals surface area contributed by atoms with Crippen molar-refractivity contribution >= 4 is 29.7 Å². The van der Waals surface area contributed by atoms with E-state index in [0.717, 1.165) is 25.9 Å². The molecule has 0 bridgehead atoms. The lowest BCUT2D eigenvalue weighted by Gasteiger charge is -2.17. The maximum absolute atomic E-state index is 11.8. The summed E-state index contributed by atoms with van der Waals surface area (Å²) in [6.45, 7) is 2.32. The summed E-state index contributed by atoms with van der Waals surface area (Å²) < 4.78 is 0. The van der Waals surface area contributed by atoms with Crippen LogP contribution in [-0.2, 0) is 0 Å². The molecule has 1 fully saturated rings. The summed E-state index contributed by atoms with van der Waals surface area (Å²) in [4.78, 5) is 24.6. The third-order valence-corrected chi connectivity index (χ3v) is 3.31. The molecule has 21 heavy (non-hydrogen) atoms. The summed E-state index contributed by atoms with van der Waals surface area (Å²) in [6.07, 6.45) is 2.08. The average molecular weight is 315 g/mol. The number of hydrogen-bond acceptors (Lipinski definition) is 5. The highest BCUT2D eigenvalue weighted by atomic mass is 35.5. The molecule has 0 atom stereocenters. The molecule has 1 amide bonds.